The molecule has 0 spiro atoms. The van der Waals surface area contributed by atoms with Gasteiger partial charge in [-0.3, -0.25) is 38.8 Å². The van der Waals surface area contributed by atoms with E-state index in [2.05, 4.69) is 40.1 Å². The number of fused-ring (bicyclic) bond motifs is 4. The third-order valence-electron chi connectivity index (χ3n) is 13.6. The van der Waals surface area contributed by atoms with Crippen LogP contribution in [-0.4, -0.2) is 93.7 Å². The molecule has 4 saturated heterocycles. The second kappa shape index (κ2) is 14.7. The van der Waals surface area contributed by atoms with Crippen molar-refractivity contribution in [3.8, 4) is 11.5 Å². The molecule has 1 saturated carbocycles. The lowest BCUT2D eigenvalue weighted by Gasteiger charge is -2.44. The zero-order chi connectivity index (χ0) is 37.8. The van der Waals surface area contributed by atoms with Gasteiger partial charge in [-0.15, -0.1) is 0 Å². The minimum absolute atomic E-state index is 0.0527. The first-order valence-electron chi connectivity index (χ1n) is 20.1. The summed E-state index contributed by atoms with van der Waals surface area (Å²) in [5.41, 5.74) is 3.91. The lowest BCUT2D eigenvalue weighted by Crippen LogP contribution is -2.48. The lowest BCUT2D eigenvalue weighted by atomic mass is 9.57. The number of aromatic hydroxyl groups is 1. The molecule has 0 bridgehead atoms. The fourth-order valence-corrected chi connectivity index (χ4v) is 11.0. The molecule has 2 aliphatic carbocycles. The van der Waals surface area contributed by atoms with Crippen LogP contribution in [0.15, 0.2) is 90.5 Å². The number of ether oxygens (including phenoxy) is 1. The number of hydrogen-bond acceptors (Lipinski definition) is 8. The molecule has 10 nitrogen and oxygen atoms in total. The van der Waals surface area contributed by atoms with Gasteiger partial charge in [-0.2, -0.15) is 0 Å². The molecule has 9 rings (SSSR count). The molecule has 1 N–H and O–H groups in total. The van der Waals surface area contributed by atoms with E-state index in [0.717, 1.165) is 57.7 Å². The summed E-state index contributed by atoms with van der Waals surface area (Å²) >= 11 is 0. The van der Waals surface area contributed by atoms with E-state index in [-0.39, 0.29) is 47.4 Å². The van der Waals surface area contributed by atoms with Gasteiger partial charge in [-0.05, 0) is 61.6 Å². The molecule has 55 heavy (non-hydrogen) atoms. The molecule has 4 heterocycles. The Morgan fingerprint density at radius 3 is 1.69 bits per heavy atom. The second-order valence-electron chi connectivity index (χ2n) is 16.5. The Balaban J connectivity index is 0.978. The van der Waals surface area contributed by atoms with Crippen molar-refractivity contribution in [2.75, 3.05) is 33.3 Å². The first-order valence-corrected chi connectivity index (χ1v) is 20.1. The second-order valence-corrected chi connectivity index (χ2v) is 16.5. The fraction of sp³-hybridized carbons (Fsp3) is 0.467. The number of nitrogens with zero attached hydrogens (tertiary/aromatic N) is 4. The number of piperidine rings is 2. The quantitative estimate of drug-likeness (QED) is 0.243. The molecule has 3 aromatic rings. The molecule has 0 radical (unpaired) electrons. The van der Waals surface area contributed by atoms with Gasteiger partial charge in [0.1, 0.15) is 0 Å². The number of carbonyl (C=O) groups is 4. The number of allylic oxidation sites excluding steroid dienone is 2. The van der Waals surface area contributed by atoms with Gasteiger partial charge in [-0.25, -0.2) is 0 Å². The topological polar surface area (TPSA) is 111 Å². The normalized spacial score (nSPS) is 29.3. The van der Waals surface area contributed by atoms with Crippen LogP contribution >= 0.6 is 0 Å². The number of hydrogen-bond donors (Lipinski definition) is 1. The van der Waals surface area contributed by atoms with Crippen LogP contribution in [0.4, 0.5) is 0 Å². The molecule has 5 fully saturated rings. The van der Waals surface area contributed by atoms with Gasteiger partial charge in [0.2, 0.25) is 23.6 Å². The zero-order valence-corrected chi connectivity index (χ0v) is 31.5. The van der Waals surface area contributed by atoms with Crippen molar-refractivity contribution in [3.63, 3.8) is 0 Å². The van der Waals surface area contributed by atoms with E-state index in [1.807, 2.05) is 42.5 Å². The van der Waals surface area contributed by atoms with Gasteiger partial charge in [0, 0.05) is 62.8 Å². The van der Waals surface area contributed by atoms with Crippen molar-refractivity contribution in [3.05, 3.63) is 107 Å². The fourth-order valence-electron chi connectivity index (χ4n) is 11.0. The van der Waals surface area contributed by atoms with Gasteiger partial charge in [0.15, 0.2) is 11.5 Å². The number of para-hydroxylation sites is 1. The highest BCUT2D eigenvalue weighted by atomic mass is 16.5. The molecule has 6 atom stereocenters. The van der Waals surface area contributed by atoms with Crippen molar-refractivity contribution in [1.29, 1.82) is 0 Å². The number of phenols is 1. The molecule has 3 aromatic carbocycles. The van der Waals surface area contributed by atoms with Crippen molar-refractivity contribution >= 4 is 23.6 Å². The zero-order valence-electron chi connectivity index (χ0n) is 31.5. The largest absolute Gasteiger partial charge is 0.504 e. The number of methoxy groups -OCH3 is 1. The highest BCUT2D eigenvalue weighted by Gasteiger charge is 2.63. The Kier molecular flexibility index (Phi) is 9.58. The van der Waals surface area contributed by atoms with Gasteiger partial charge < -0.3 is 9.84 Å². The Morgan fingerprint density at radius 1 is 0.618 bits per heavy atom. The summed E-state index contributed by atoms with van der Waals surface area (Å²) in [7, 11) is 1.50. The van der Waals surface area contributed by atoms with Crippen LogP contribution in [0.25, 0.3) is 0 Å². The Labute approximate surface area is 322 Å². The van der Waals surface area contributed by atoms with E-state index in [4.69, 9.17) is 4.74 Å². The molecular weight excluding hydrogens is 693 g/mol. The summed E-state index contributed by atoms with van der Waals surface area (Å²) in [6.07, 6.45) is 5.65. The SMILES string of the molecule is COc1cccc([C@H]2C3=CC[C@@H]4C(=O)N(C5CCN(Cc6ccccc6)CC5)C(=O)[C@@H]4[C@@H]3C[C@H]3C(=O)N(C4CCN(Cc5ccccc5)CC4)C(=O)[C@@H]23)c1O. The molecule has 286 valence electrons. The predicted molar refractivity (Wildman–Crippen MR) is 205 cm³/mol. The average molecular weight is 743 g/mol. The van der Waals surface area contributed by atoms with Crippen LogP contribution in [0.3, 0.4) is 0 Å². The third kappa shape index (κ3) is 6.27. The molecular formula is C45H50N4O6. The molecule has 0 unspecified atom stereocenters. The highest BCUT2D eigenvalue weighted by Crippen LogP contribution is 2.60. The van der Waals surface area contributed by atoms with E-state index >= 15 is 0 Å². The van der Waals surface area contributed by atoms with Gasteiger partial charge >= 0.3 is 0 Å². The number of imide groups is 2. The van der Waals surface area contributed by atoms with Gasteiger partial charge in [-0.1, -0.05) is 84.4 Å². The standard InChI is InChI=1S/C45H50N4O6/c1-55-37-14-8-13-33(41(37)50)38-32-15-16-34-39(44(53)48(42(34)51)30-17-21-46(22-18-30)26-28-9-4-2-5-10-28)35(32)25-36-40(38)45(54)49(43(36)52)31-19-23-47(24-20-31)27-29-11-6-3-7-12-29/h2-15,30-31,34-36,38-40,50H,16-27H2,1H3/t34-,35+,36+,38+,39-,40+/m0/s1. The smallest absolute Gasteiger partial charge is 0.234 e. The van der Waals surface area contributed by atoms with Crippen molar-refractivity contribution in [2.24, 2.45) is 29.6 Å². The van der Waals surface area contributed by atoms with Gasteiger partial charge in [0.25, 0.3) is 0 Å². The summed E-state index contributed by atoms with van der Waals surface area (Å²) < 4.78 is 5.52. The maximum atomic E-state index is 14.7. The third-order valence-corrected chi connectivity index (χ3v) is 13.6. The molecule has 4 aliphatic heterocycles. The maximum Gasteiger partial charge on any atom is 0.234 e. The Hall–Kier alpha value is -4.80. The minimum Gasteiger partial charge on any atom is -0.504 e. The lowest BCUT2D eigenvalue weighted by molar-refractivity contribution is -0.146. The van der Waals surface area contributed by atoms with Crippen LogP contribution in [0.2, 0.25) is 0 Å². The summed E-state index contributed by atoms with van der Waals surface area (Å²) in [5.74, 6) is -3.81. The number of carbonyl (C=O) groups excluding carboxylic acids is 4. The van der Waals surface area contributed by atoms with Crippen LogP contribution in [0, 0.1) is 29.6 Å². The predicted octanol–water partition coefficient (Wildman–Crippen LogP) is 5.37. The molecule has 0 aromatic heterocycles. The molecule has 10 heteroatoms. The Bertz CT molecular complexity index is 1990. The maximum absolute atomic E-state index is 14.7. The first-order chi connectivity index (χ1) is 26.8. The van der Waals surface area contributed by atoms with Crippen LogP contribution < -0.4 is 4.74 Å². The number of benzene rings is 3. The van der Waals surface area contributed by atoms with E-state index in [1.165, 1.54) is 18.2 Å². The summed E-state index contributed by atoms with van der Waals surface area (Å²) in [4.78, 5) is 66.0. The minimum atomic E-state index is -0.704. The van der Waals surface area contributed by atoms with E-state index in [0.29, 0.717) is 37.0 Å². The van der Waals surface area contributed by atoms with Crippen LogP contribution in [-0.2, 0) is 32.3 Å². The Morgan fingerprint density at radius 2 is 1.15 bits per heavy atom. The van der Waals surface area contributed by atoms with Crippen molar-refractivity contribution in [2.45, 2.75) is 69.6 Å². The van der Waals surface area contributed by atoms with Crippen LogP contribution in [0.5, 0.6) is 11.5 Å². The van der Waals surface area contributed by atoms with E-state index in [1.54, 1.807) is 21.9 Å². The number of amides is 4. The summed E-state index contributed by atoms with van der Waals surface area (Å²) in [6.45, 7) is 4.83. The molecule has 4 amide bonds. The van der Waals surface area contributed by atoms with Crippen LogP contribution in [0.1, 0.15) is 61.1 Å². The highest BCUT2D eigenvalue weighted by molar-refractivity contribution is 6.08. The summed E-state index contributed by atoms with van der Waals surface area (Å²) in [6, 6.07) is 25.6. The van der Waals surface area contributed by atoms with Crippen molar-refractivity contribution < 1.29 is 29.0 Å². The molecule has 6 aliphatic rings. The number of likely N-dealkylation sites (tertiary alicyclic amines) is 4. The number of rotatable bonds is 8. The number of phenolic OH excluding ortho intramolecular Hbond substituents is 1. The average Bonchev–Trinajstić information content (AvgIpc) is 3.62. The van der Waals surface area contributed by atoms with Crippen molar-refractivity contribution in [1.82, 2.24) is 19.6 Å². The van der Waals surface area contributed by atoms with E-state index in [9.17, 15) is 24.3 Å². The van der Waals surface area contributed by atoms with E-state index < -0.39 is 29.6 Å². The van der Waals surface area contributed by atoms with Gasteiger partial charge in [0.05, 0.1) is 30.8 Å². The monoisotopic (exact) mass is 742 g/mol. The first kappa shape index (κ1) is 35.9. The summed E-state index contributed by atoms with van der Waals surface area (Å²) in [5, 5.41) is 11.6.